The lowest BCUT2D eigenvalue weighted by atomic mass is 10.2. The Morgan fingerprint density at radius 3 is 1.57 bits per heavy atom. The van der Waals surface area contributed by atoms with Gasteiger partial charge in [-0.2, -0.15) is 0 Å². The van der Waals surface area contributed by atoms with Gasteiger partial charge in [-0.25, -0.2) is 9.97 Å². The van der Waals surface area contributed by atoms with Crippen molar-refractivity contribution in [1.82, 2.24) is 19.1 Å². The largest absolute Gasteiger partial charge is 0.335 e. The Morgan fingerprint density at radius 2 is 1.19 bits per heavy atom. The van der Waals surface area contributed by atoms with E-state index in [0.29, 0.717) is 11.8 Å². The molecule has 0 bridgehead atoms. The van der Waals surface area contributed by atoms with E-state index >= 15 is 0 Å². The van der Waals surface area contributed by atoms with Crippen LogP contribution < -0.4 is 0 Å². The number of aromatic nitrogens is 4. The third-order valence-electron chi connectivity index (χ3n) is 3.83. The number of imidazole rings is 2. The molecule has 0 aliphatic carbocycles. The molecule has 0 atom stereocenters. The van der Waals surface area contributed by atoms with Crippen molar-refractivity contribution in [2.24, 2.45) is 0 Å². The molecular weight excluding hydrogens is 260 g/mol. The summed E-state index contributed by atoms with van der Waals surface area (Å²) in [5, 5.41) is 0. The van der Waals surface area contributed by atoms with Gasteiger partial charge in [-0.05, 0) is 19.3 Å². The third kappa shape index (κ3) is 4.19. The SMILES string of the molecule is CC(C)c1nccn1CCCCCn1ccnc1C(C)C. The van der Waals surface area contributed by atoms with Gasteiger partial charge >= 0.3 is 0 Å². The molecule has 0 saturated carbocycles. The van der Waals surface area contributed by atoms with E-state index in [1.165, 1.54) is 30.9 Å². The van der Waals surface area contributed by atoms with Gasteiger partial charge in [0.1, 0.15) is 11.6 Å². The maximum absolute atomic E-state index is 4.44. The van der Waals surface area contributed by atoms with Gasteiger partial charge in [-0.3, -0.25) is 0 Å². The van der Waals surface area contributed by atoms with Crippen LogP contribution in [0.5, 0.6) is 0 Å². The van der Waals surface area contributed by atoms with E-state index in [1.54, 1.807) is 0 Å². The van der Waals surface area contributed by atoms with E-state index in [9.17, 15) is 0 Å². The maximum Gasteiger partial charge on any atom is 0.111 e. The summed E-state index contributed by atoms with van der Waals surface area (Å²) in [7, 11) is 0. The van der Waals surface area contributed by atoms with Gasteiger partial charge in [0.2, 0.25) is 0 Å². The highest BCUT2D eigenvalue weighted by molar-refractivity contribution is 4.98. The molecule has 21 heavy (non-hydrogen) atoms. The van der Waals surface area contributed by atoms with Crippen LogP contribution >= 0.6 is 0 Å². The fraction of sp³-hybridized carbons (Fsp3) is 0.647. The first-order valence-corrected chi connectivity index (χ1v) is 8.11. The molecule has 2 rings (SSSR count). The number of nitrogens with zero attached hydrogens (tertiary/aromatic N) is 4. The minimum absolute atomic E-state index is 0.500. The van der Waals surface area contributed by atoms with Crippen LogP contribution in [0.15, 0.2) is 24.8 Å². The van der Waals surface area contributed by atoms with Crippen molar-refractivity contribution in [1.29, 1.82) is 0 Å². The molecule has 0 unspecified atom stereocenters. The van der Waals surface area contributed by atoms with E-state index in [0.717, 1.165) is 13.1 Å². The van der Waals surface area contributed by atoms with Crippen LogP contribution in [-0.4, -0.2) is 19.1 Å². The molecule has 2 heterocycles. The fourth-order valence-corrected chi connectivity index (χ4v) is 2.76. The molecule has 4 nitrogen and oxygen atoms in total. The molecule has 0 fully saturated rings. The van der Waals surface area contributed by atoms with Gasteiger partial charge in [-0.1, -0.05) is 27.7 Å². The summed E-state index contributed by atoms with van der Waals surface area (Å²) in [6.45, 7) is 11.0. The summed E-state index contributed by atoms with van der Waals surface area (Å²) in [6.07, 6.45) is 11.7. The summed E-state index contributed by atoms with van der Waals surface area (Å²) in [4.78, 5) is 8.87. The van der Waals surface area contributed by atoms with Crippen molar-refractivity contribution in [3.8, 4) is 0 Å². The second kappa shape index (κ2) is 7.43. The Hall–Kier alpha value is -1.58. The molecule has 4 heteroatoms. The van der Waals surface area contributed by atoms with Crippen LogP contribution in [0.1, 0.15) is 70.4 Å². The first kappa shape index (κ1) is 15.8. The molecule has 2 aromatic rings. The number of aryl methyl sites for hydroxylation is 2. The fourth-order valence-electron chi connectivity index (χ4n) is 2.76. The quantitative estimate of drug-likeness (QED) is 0.683. The number of rotatable bonds is 8. The number of hydrogen-bond donors (Lipinski definition) is 0. The van der Waals surface area contributed by atoms with Crippen molar-refractivity contribution in [2.45, 2.75) is 71.9 Å². The topological polar surface area (TPSA) is 35.6 Å². The molecule has 0 aromatic carbocycles. The van der Waals surface area contributed by atoms with Crippen molar-refractivity contribution in [2.75, 3.05) is 0 Å². The molecule has 116 valence electrons. The Morgan fingerprint density at radius 1 is 0.762 bits per heavy atom. The molecule has 0 aliphatic rings. The number of hydrogen-bond acceptors (Lipinski definition) is 2. The van der Waals surface area contributed by atoms with Crippen LogP contribution in [0.25, 0.3) is 0 Å². The molecule has 0 spiro atoms. The first-order chi connectivity index (χ1) is 10.1. The maximum atomic E-state index is 4.44. The van der Waals surface area contributed by atoms with Gasteiger partial charge in [0.25, 0.3) is 0 Å². The molecule has 0 amide bonds. The molecule has 0 saturated heterocycles. The van der Waals surface area contributed by atoms with Crippen molar-refractivity contribution < 1.29 is 0 Å². The highest BCUT2D eigenvalue weighted by Crippen LogP contribution is 2.15. The Labute approximate surface area is 128 Å². The van der Waals surface area contributed by atoms with E-state index in [2.05, 4.69) is 59.2 Å². The van der Waals surface area contributed by atoms with Gasteiger partial charge < -0.3 is 9.13 Å². The van der Waals surface area contributed by atoms with Crippen LogP contribution in [0, 0.1) is 0 Å². The summed E-state index contributed by atoms with van der Waals surface area (Å²) >= 11 is 0. The molecule has 2 aromatic heterocycles. The van der Waals surface area contributed by atoms with Crippen molar-refractivity contribution in [3.63, 3.8) is 0 Å². The molecule has 0 aliphatic heterocycles. The summed E-state index contributed by atoms with van der Waals surface area (Å²) in [5.74, 6) is 3.40. The van der Waals surface area contributed by atoms with E-state index in [1.807, 2.05) is 12.4 Å². The zero-order chi connectivity index (χ0) is 15.2. The molecule has 0 N–H and O–H groups in total. The highest BCUT2D eigenvalue weighted by atomic mass is 15.1. The molecule has 0 radical (unpaired) electrons. The second-order valence-electron chi connectivity index (χ2n) is 6.33. The van der Waals surface area contributed by atoms with E-state index < -0.39 is 0 Å². The van der Waals surface area contributed by atoms with Crippen LogP contribution in [-0.2, 0) is 13.1 Å². The van der Waals surface area contributed by atoms with Crippen LogP contribution in [0.4, 0.5) is 0 Å². The Bertz CT molecular complexity index is 488. The summed E-state index contributed by atoms with van der Waals surface area (Å²) in [5.41, 5.74) is 0. The summed E-state index contributed by atoms with van der Waals surface area (Å²) in [6, 6.07) is 0. The van der Waals surface area contributed by atoms with Gasteiger partial charge in [-0.15, -0.1) is 0 Å². The molecular formula is C17H28N4. The average molecular weight is 288 g/mol. The third-order valence-corrected chi connectivity index (χ3v) is 3.83. The minimum Gasteiger partial charge on any atom is -0.335 e. The zero-order valence-electron chi connectivity index (χ0n) is 13.8. The lowest BCUT2D eigenvalue weighted by Gasteiger charge is -2.11. The second-order valence-corrected chi connectivity index (χ2v) is 6.33. The zero-order valence-corrected chi connectivity index (χ0v) is 13.8. The highest BCUT2D eigenvalue weighted by Gasteiger charge is 2.08. The van der Waals surface area contributed by atoms with Gasteiger partial charge in [0.15, 0.2) is 0 Å². The average Bonchev–Trinajstić information content (AvgIpc) is 3.06. The Balaban J connectivity index is 1.73. The van der Waals surface area contributed by atoms with Gasteiger partial charge in [0.05, 0.1) is 0 Å². The standard InChI is InChI=1S/C17H28N4/c1-14(2)16-18-8-12-20(16)10-6-5-7-11-21-13-9-19-17(21)15(3)4/h8-9,12-15H,5-7,10-11H2,1-4H3. The smallest absolute Gasteiger partial charge is 0.111 e. The van der Waals surface area contributed by atoms with Crippen molar-refractivity contribution >= 4 is 0 Å². The normalized spacial score (nSPS) is 11.7. The van der Waals surface area contributed by atoms with Crippen molar-refractivity contribution in [3.05, 3.63) is 36.4 Å². The first-order valence-electron chi connectivity index (χ1n) is 8.11. The predicted molar refractivity (Wildman–Crippen MR) is 86.5 cm³/mol. The lowest BCUT2D eigenvalue weighted by Crippen LogP contribution is -2.07. The van der Waals surface area contributed by atoms with Gasteiger partial charge in [0, 0.05) is 49.7 Å². The minimum atomic E-state index is 0.500. The monoisotopic (exact) mass is 288 g/mol. The van der Waals surface area contributed by atoms with Crippen LogP contribution in [0.2, 0.25) is 0 Å². The predicted octanol–water partition coefficient (Wildman–Crippen LogP) is 4.20. The van der Waals surface area contributed by atoms with Crippen LogP contribution in [0.3, 0.4) is 0 Å². The lowest BCUT2D eigenvalue weighted by molar-refractivity contribution is 0.516. The Kier molecular flexibility index (Phi) is 5.59. The van der Waals surface area contributed by atoms with E-state index in [-0.39, 0.29) is 0 Å². The van der Waals surface area contributed by atoms with E-state index in [4.69, 9.17) is 0 Å². The summed E-state index contributed by atoms with van der Waals surface area (Å²) < 4.78 is 4.59. The number of unbranched alkanes of at least 4 members (excludes halogenated alkanes) is 2.